The van der Waals surface area contributed by atoms with Gasteiger partial charge in [-0.2, -0.15) is 0 Å². The van der Waals surface area contributed by atoms with E-state index >= 15 is 0 Å². The zero-order valence-electron chi connectivity index (χ0n) is 10.5. The van der Waals surface area contributed by atoms with Crippen LogP contribution in [0.15, 0.2) is 36.4 Å². The summed E-state index contributed by atoms with van der Waals surface area (Å²) >= 11 is 0. The Bertz CT molecular complexity index is 579. The lowest BCUT2D eigenvalue weighted by molar-refractivity contribution is 0.422. The van der Waals surface area contributed by atoms with Gasteiger partial charge in [0.05, 0.1) is 11.4 Å². The van der Waals surface area contributed by atoms with Crippen LogP contribution < -0.4 is 16.2 Å². The summed E-state index contributed by atoms with van der Waals surface area (Å²) in [7, 11) is 0. The highest BCUT2D eigenvalue weighted by atomic mass is 16.5. The molecule has 92 valence electrons. The van der Waals surface area contributed by atoms with Crippen LogP contribution in [0.3, 0.4) is 0 Å². The lowest BCUT2D eigenvalue weighted by Gasteiger charge is -2.35. The quantitative estimate of drug-likeness (QED) is 0.695. The molecule has 0 aliphatic carbocycles. The van der Waals surface area contributed by atoms with Crippen LogP contribution in [-0.4, -0.2) is 0 Å². The van der Waals surface area contributed by atoms with Gasteiger partial charge in [-0.25, -0.2) is 0 Å². The molecule has 18 heavy (non-hydrogen) atoms. The molecule has 1 heterocycles. The summed E-state index contributed by atoms with van der Waals surface area (Å²) in [6.07, 6.45) is 0. The predicted octanol–water partition coefficient (Wildman–Crippen LogP) is 3.28. The van der Waals surface area contributed by atoms with E-state index in [4.69, 9.17) is 16.2 Å². The fraction of sp³-hybridized carbons (Fsp3) is 0.200. The average Bonchev–Trinajstić information content (AvgIpc) is 2.32. The van der Waals surface area contributed by atoms with Gasteiger partial charge in [-0.15, -0.1) is 0 Å². The Morgan fingerprint density at radius 2 is 1.28 bits per heavy atom. The summed E-state index contributed by atoms with van der Waals surface area (Å²) < 4.78 is 5.92. The highest BCUT2D eigenvalue weighted by Gasteiger charge is 2.35. The van der Waals surface area contributed by atoms with E-state index in [9.17, 15) is 0 Å². The molecule has 0 radical (unpaired) electrons. The monoisotopic (exact) mass is 240 g/mol. The van der Waals surface area contributed by atoms with Crippen molar-refractivity contribution in [2.45, 2.75) is 19.3 Å². The first-order valence-electron chi connectivity index (χ1n) is 5.97. The molecule has 1 aliphatic rings. The van der Waals surface area contributed by atoms with Crippen LogP contribution in [0, 0.1) is 0 Å². The van der Waals surface area contributed by atoms with E-state index in [2.05, 4.69) is 26.0 Å². The number of nitrogen functional groups attached to an aromatic ring is 2. The van der Waals surface area contributed by atoms with Crippen LogP contribution in [0.4, 0.5) is 11.4 Å². The highest BCUT2D eigenvalue weighted by Crippen LogP contribution is 2.51. The first kappa shape index (κ1) is 11.0. The third-order valence-electron chi connectivity index (χ3n) is 3.64. The molecule has 0 saturated carbocycles. The van der Waals surface area contributed by atoms with Crippen molar-refractivity contribution in [1.82, 2.24) is 0 Å². The Balaban J connectivity index is 2.33. The summed E-state index contributed by atoms with van der Waals surface area (Å²) in [6, 6.07) is 11.7. The second-order valence-corrected chi connectivity index (χ2v) is 5.17. The Morgan fingerprint density at radius 3 is 1.72 bits per heavy atom. The van der Waals surface area contributed by atoms with E-state index in [-0.39, 0.29) is 5.41 Å². The molecule has 0 bridgehead atoms. The topological polar surface area (TPSA) is 61.3 Å². The lowest BCUT2D eigenvalue weighted by atomic mass is 9.75. The number of rotatable bonds is 0. The zero-order valence-corrected chi connectivity index (χ0v) is 10.5. The number of hydrogen-bond donors (Lipinski definition) is 2. The fourth-order valence-corrected chi connectivity index (χ4v) is 2.57. The third-order valence-corrected chi connectivity index (χ3v) is 3.64. The molecule has 3 heteroatoms. The smallest absolute Gasteiger partial charge is 0.154 e. The minimum atomic E-state index is -0.159. The first-order valence-corrected chi connectivity index (χ1v) is 5.97. The fourth-order valence-electron chi connectivity index (χ4n) is 2.57. The van der Waals surface area contributed by atoms with E-state index in [1.54, 1.807) is 0 Å². The van der Waals surface area contributed by atoms with Crippen molar-refractivity contribution in [3.63, 3.8) is 0 Å². The minimum absolute atomic E-state index is 0.159. The SMILES string of the molecule is CC1(C)c2cccc(N)c2Oc2c(N)cccc21. The Morgan fingerprint density at radius 1 is 0.833 bits per heavy atom. The molecule has 3 nitrogen and oxygen atoms in total. The maximum Gasteiger partial charge on any atom is 0.154 e. The maximum atomic E-state index is 6.00. The van der Waals surface area contributed by atoms with Crippen molar-refractivity contribution < 1.29 is 4.74 Å². The molecule has 0 fully saturated rings. The van der Waals surface area contributed by atoms with Crippen LogP contribution in [0.1, 0.15) is 25.0 Å². The van der Waals surface area contributed by atoms with Crippen LogP contribution in [-0.2, 0) is 5.41 Å². The number of fused-ring (bicyclic) bond motifs is 2. The number of nitrogens with two attached hydrogens (primary N) is 2. The average molecular weight is 240 g/mol. The van der Waals surface area contributed by atoms with E-state index in [0.29, 0.717) is 11.4 Å². The van der Waals surface area contributed by atoms with Crippen molar-refractivity contribution >= 4 is 11.4 Å². The molecule has 0 unspecified atom stereocenters. The van der Waals surface area contributed by atoms with Gasteiger partial charge in [0.25, 0.3) is 0 Å². The zero-order chi connectivity index (χ0) is 12.9. The van der Waals surface area contributed by atoms with E-state index in [1.807, 2.05) is 24.3 Å². The summed E-state index contributed by atoms with van der Waals surface area (Å²) in [5.74, 6) is 1.46. The van der Waals surface area contributed by atoms with E-state index in [1.165, 1.54) is 0 Å². The van der Waals surface area contributed by atoms with Gasteiger partial charge >= 0.3 is 0 Å². The van der Waals surface area contributed by atoms with Gasteiger partial charge in [-0.1, -0.05) is 38.1 Å². The molecule has 0 spiro atoms. The van der Waals surface area contributed by atoms with Gasteiger partial charge in [-0.05, 0) is 12.1 Å². The molecule has 4 N–H and O–H groups in total. The molecule has 0 atom stereocenters. The van der Waals surface area contributed by atoms with E-state index in [0.717, 1.165) is 22.6 Å². The Hall–Kier alpha value is -2.16. The number of hydrogen-bond acceptors (Lipinski definition) is 3. The minimum Gasteiger partial charge on any atom is -0.452 e. The van der Waals surface area contributed by atoms with Crippen LogP contribution in [0.25, 0.3) is 0 Å². The normalized spacial score (nSPS) is 15.4. The molecular weight excluding hydrogens is 224 g/mol. The standard InChI is InChI=1S/C15H16N2O/c1-15(2)9-5-3-7-11(16)13(9)18-14-10(15)6-4-8-12(14)17/h3-8H,16-17H2,1-2H3. The molecule has 0 saturated heterocycles. The Kier molecular flexibility index (Phi) is 2.08. The summed E-state index contributed by atoms with van der Waals surface area (Å²) in [5, 5.41) is 0. The number of para-hydroxylation sites is 2. The Labute approximate surface area is 106 Å². The molecule has 0 aromatic heterocycles. The molecule has 0 amide bonds. The summed E-state index contributed by atoms with van der Waals surface area (Å²) in [5.41, 5.74) is 15.3. The third kappa shape index (κ3) is 1.30. The second kappa shape index (κ2) is 3.42. The van der Waals surface area contributed by atoms with Gasteiger partial charge < -0.3 is 16.2 Å². The molecule has 2 aromatic rings. The van der Waals surface area contributed by atoms with Gasteiger partial charge in [-0.3, -0.25) is 0 Å². The van der Waals surface area contributed by atoms with Crippen molar-refractivity contribution in [2.75, 3.05) is 11.5 Å². The van der Waals surface area contributed by atoms with Crippen LogP contribution >= 0.6 is 0 Å². The second-order valence-electron chi connectivity index (χ2n) is 5.17. The first-order chi connectivity index (χ1) is 8.51. The summed E-state index contributed by atoms with van der Waals surface area (Å²) in [6.45, 7) is 4.32. The van der Waals surface area contributed by atoms with Gasteiger partial charge in [0.2, 0.25) is 0 Å². The van der Waals surface area contributed by atoms with Crippen molar-refractivity contribution in [2.24, 2.45) is 0 Å². The van der Waals surface area contributed by atoms with Gasteiger partial charge in [0.1, 0.15) is 0 Å². The van der Waals surface area contributed by atoms with Crippen LogP contribution in [0.5, 0.6) is 11.5 Å². The predicted molar refractivity (Wildman–Crippen MR) is 73.9 cm³/mol. The van der Waals surface area contributed by atoms with Crippen molar-refractivity contribution in [1.29, 1.82) is 0 Å². The van der Waals surface area contributed by atoms with Gasteiger partial charge in [0, 0.05) is 16.5 Å². The summed E-state index contributed by atoms with van der Waals surface area (Å²) in [4.78, 5) is 0. The largest absolute Gasteiger partial charge is 0.452 e. The maximum absolute atomic E-state index is 6.00. The van der Waals surface area contributed by atoms with Gasteiger partial charge in [0.15, 0.2) is 11.5 Å². The molecule has 2 aromatic carbocycles. The molecule has 3 rings (SSSR count). The van der Waals surface area contributed by atoms with E-state index < -0.39 is 0 Å². The van der Waals surface area contributed by atoms with Crippen molar-refractivity contribution in [3.05, 3.63) is 47.5 Å². The highest BCUT2D eigenvalue weighted by molar-refractivity contribution is 5.71. The number of anilines is 2. The lowest BCUT2D eigenvalue weighted by Crippen LogP contribution is -2.25. The van der Waals surface area contributed by atoms with Crippen LogP contribution in [0.2, 0.25) is 0 Å². The number of ether oxygens (including phenoxy) is 1. The number of benzene rings is 2. The molecular formula is C15H16N2O. The molecule has 1 aliphatic heterocycles. The van der Waals surface area contributed by atoms with Crippen molar-refractivity contribution in [3.8, 4) is 11.5 Å².